The first-order chi connectivity index (χ1) is 4.24. The molecule has 0 aromatic rings. The van der Waals surface area contributed by atoms with Crippen molar-refractivity contribution in [2.24, 2.45) is 10.8 Å². The molecule has 0 aliphatic heterocycles. The summed E-state index contributed by atoms with van der Waals surface area (Å²) in [5.74, 6) is 0.911. The zero-order valence-corrected chi connectivity index (χ0v) is 6.67. The Hall–Kier alpha value is 0.290. The van der Waals surface area contributed by atoms with Crippen molar-refractivity contribution in [3.63, 3.8) is 0 Å². The second-order valence-corrected chi connectivity index (χ2v) is 4.28. The molecular weight excluding hydrogens is 132 g/mol. The van der Waals surface area contributed by atoms with Crippen molar-refractivity contribution in [3.05, 3.63) is 0 Å². The number of halogens is 1. The fourth-order valence-electron chi connectivity index (χ4n) is 2.75. The van der Waals surface area contributed by atoms with Crippen molar-refractivity contribution >= 4 is 11.6 Å². The lowest BCUT2D eigenvalue weighted by atomic mass is 9.35. The first-order valence-corrected chi connectivity index (χ1v) is 4.34. The molecule has 3 aliphatic carbocycles. The third-order valence-corrected chi connectivity index (χ3v) is 3.85. The number of hydrogen-bond acceptors (Lipinski definition) is 0. The van der Waals surface area contributed by atoms with E-state index in [4.69, 9.17) is 11.6 Å². The van der Waals surface area contributed by atoms with Crippen LogP contribution < -0.4 is 0 Å². The Morgan fingerprint density at radius 2 is 1.78 bits per heavy atom. The van der Waals surface area contributed by atoms with E-state index in [1.54, 1.807) is 0 Å². The quantitative estimate of drug-likeness (QED) is 0.523. The van der Waals surface area contributed by atoms with Gasteiger partial charge in [-0.2, -0.15) is 0 Å². The topological polar surface area (TPSA) is 0 Å². The van der Waals surface area contributed by atoms with Crippen LogP contribution in [0.15, 0.2) is 0 Å². The van der Waals surface area contributed by atoms with Crippen molar-refractivity contribution in [3.8, 4) is 0 Å². The lowest BCUT2D eigenvalue weighted by molar-refractivity contribution is -0.189. The molecule has 2 bridgehead atoms. The Balaban J connectivity index is 1.96. The van der Waals surface area contributed by atoms with Crippen molar-refractivity contribution < 1.29 is 0 Å². The monoisotopic (exact) mass is 144 g/mol. The van der Waals surface area contributed by atoms with Gasteiger partial charge in [0.05, 0.1) is 0 Å². The first kappa shape index (κ1) is 6.03. The van der Waals surface area contributed by atoms with Gasteiger partial charge in [-0.05, 0) is 30.1 Å². The Morgan fingerprint density at radius 1 is 1.22 bits per heavy atom. The fourth-order valence-corrected chi connectivity index (χ4v) is 3.03. The fraction of sp³-hybridized carbons (Fsp3) is 1.00. The second-order valence-electron chi connectivity index (χ2n) is 4.02. The summed E-state index contributed by atoms with van der Waals surface area (Å²) in [6, 6.07) is 0. The maximum absolute atomic E-state index is 5.80. The predicted molar refractivity (Wildman–Crippen MR) is 39.7 cm³/mol. The normalized spacial score (nSPS) is 54.0. The standard InChI is InChI=1S/C8H13Cl/c1-2-7-3-8(4-7,5-7)6-9/h2-6H2,1H3. The molecule has 0 saturated heterocycles. The van der Waals surface area contributed by atoms with Gasteiger partial charge in [0.25, 0.3) is 0 Å². The molecule has 0 aromatic heterocycles. The second kappa shape index (κ2) is 1.47. The lowest BCUT2D eigenvalue weighted by Gasteiger charge is -2.70. The van der Waals surface area contributed by atoms with Crippen molar-refractivity contribution in [2.45, 2.75) is 32.6 Å². The van der Waals surface area contributed by atoms with Gasteiger partial charge in [-0.25, -0.2) is 0 Å². The van der Waals surface area contributed by atoms with Gasteiger partial charge in [0.15, 0.2) is 0 Å². The first-order valence-electron chi connectivity index (χ1n) is 3.80. The minimum absolute atomic E-state index is 0.636. The molecule has 0 spiro atoms. The van der Waals surface area contributed by atoms with E-state index in [2.05, 4.69) is 6.92 Å². The van der Waals surface area contributed by atoms with Gasteiger partial charge in [-0.3, -0.25) is 0 Å². The molecule has 3 aliphatic rings. The predicted octanol–water partition coefficient (Wildman–Crippen LogP) is 2.81. The van der Waals surface area contributed by atoms with E-state index in [-0.39, 0.29) is 0 Å². The summed E-state index contributed by atoms with van der Waals surface area (Å²) in [7, 11) is 0. The van der Waals surface area contributed by atoms with Crippen LogP contribution >= 0.6 is 11.6 Å². The molecule has 0 N–H and O–H groups in total. The van der Waals surface area contributed by atoms with Crippen molar-refractivity contribution in [2.75, 3.05) is 5.88 Å². The average Bonchev–Trinajstić information content (AvgIpc) is 1.62. The van der Waals surface area contributed by atoms with Crippen molar-refractivity contribution in [1.29, 1.82) is 0 Å². The van der Waals surface area contributed by atoms with Gasteiger partial charge in [0.1, 0.15) is 0 Å². The van der Waals surface area contributed by atoms with Gasteiger partial charge in [0.2, 0.25) is 0 Å². The average molecular weight is 145 g/mol. The lowest BCUT2D eigenvalue weighted by Crippen LogP contribution is -2.62. The van der Waals surface area contributed by atoms with Crippen LogP contribution in [0.2, 0.25) is 0 Å². The highest BCUT2D eigenvalue weighted by atomic mass is 35.5. The SMILES string of the molecule is CCC12CC(CCl)(C1)C2. The van der Waals surface area contributed by atoms with Crippen LogP contribution in [0.25, 0.3) is 0 Å². The van der Waals surface area contributed by atoms with E-state index < -0.39 is 0 Å². The van der Waals surface area contributed by atoms with Crippen LogP contribution in [0.5, 0.6) is 0 Å². The minimum atomic E-state index is 0.636. The maximum Gasteiger partial charge on any atom is 0.0280 e. The summed E-state index contributed by atoms with van der Waals surface area (Å²) >= 11 is 5.80. The number of rotatable bonds is 2. The summed E-state index contributed by atoms with van der Waals surface area (Å²) < 4.78 is 0. The maximum atomic E-state index is 5.80. The van der Waals surface area contributed by atoms with Crippen LogP contribution in [-0.2, 0) is 0 Å². The van der Waals surface area contributed by atoms with Crippen molar-refractivity contribution in [1.82, 2.24) is 0 Å². The molecule has 1 heteroatoms. The third kappa shape index (κ3) is 0.556. The molecule has 0 radical (unpaired) electrons. The molecule has 3 saturated carbocycles. The van der Waals surface area contributed by atoms with Gasteiger partial charge in [-0.15, -0.1) is 11.6 Å². The number of alkyl halides is 1. The van der Waals surface area contributed by atoms with E-state index in [1.807, 2.05) is 0 Å². The summed E-state index contributed by atoms with van der Waals surface area (Å²) in [5, 5.41) is 0. The molecule has 0 aromatic carbocycles. The Morgan fingerprint density at radius 3 is 2.11 bits per heavy atom. The molecular formula is C8H13Cl. The van der Waals surface area contributed by atoms with E-state index in [9.17, 15) is 0 Å². The molecule has 3 rings (SSSR count). The van der Waals surface area contributed by atoms with Gasteiger partial charge in [-0.1, -0.05) is 13.3 Å². The molecule has 0 amide bonds. The van der Waals surface area contributed by atoms with E-state index >= 15 is 0 Å². The largest absolute Gasteiger partial charge is 0.126 e. The Bertz CT molecular complexity index is 106. The van der Waals surface area contributed by atoms with E-state index in [1.165, 1.54) is 25.7 Å². The van der Waals surface area contributed by atoms with Gasteiger partial charge in [0, 0.05) is 5.88 Å². The minimum Gasteiger partial charge on any atom is -0.126 e. The molecule has 52 valence electrons. The Labute approximate surface area is 61.6 Å². The molecule has 0 atom stereocenters. The van der Waals surface area contributed by atoms with Crippen LogP contribution in [0, 0.1) is 10.8 Å². The number of hydrogen-bond donors (Lipinski definition) is 0. The van der Waals surface area contributed by atoms with E-state index in [0.29, 0.717) is 5.41 Å². The van der Waals surface area contributed by atoms with Crippen LogP contribution in [0.3, 0.4) is 0 Å². The summed E-state index contributed by atoms with van der Waals surface area (Å²) in [6.45, 7) is 2.30. The third-order valence-electron chi connectivity index (χ3n) is 3.28. The zero-order chi connectivity index (χ0) is 6.54. The molecule has 0 unspecified atom stereocenters. The molecule has 9 heavy (non-hydrogen) atoms. The smallest absolute Gasteiger partial charge is 0.0280 e. The van der Waals surface area contributed by atoms with Crippen LogP contribution in [-0.4, -0.2) is 5.88 Å². The molecule has 3 fully saturated rings. The van der Waals surface area contributed by atoms with Gasteiger partial charge < -0.3 is 0 Å². The highest BCUT2D eigenvalue weighted by Gasteiger charge is 2.65. The molecule has 0 heterocycles. The highest BCUT2D eigenvalue weighted by molar-refractivity contribution is 6.18. The Kier molecular flexibility index (Phi) is 0.987. The zero-order valence-electron chi connectivity index (χ0n) is 5.91. The van der Waals surface area contributed by atoms with Gasteiger partial charge >= 0.3 is 0 Å². The summed E-state index contributed by atoms with van der Waals surface area (Å²) in [5.41, 5.74) is 1.42. The highest BCUT2D eigenvalue weighted by Crippen LogP contribution is 2.74. The van der Waals surface area contributed by atoms with E-state index in [0.717, 1.165) is 11.3 Å². The van der Waals surface area contributed by atoms with Crippen LogP contribution in [0.1, 0.15) is 32.6 Å². The molecule has 0 nitrogen and oxygen atoms in total. The summed E-state index contributed by atoms with van der Waals surface area (Å²) in [4.78, 5) is 0. The summed E-state index contributed by atoms with van der Waals surface area (Å²) in [6.07, 6.45) is 5.67. The van der Waals surface area contributed by atoms with Crippen LogP contribution in [0.4, 0.5) is 0 Å².